The third kappa shape index (κ3) is 1.43. The van der Waals surface area contributed by atoms with E-state index < -0.39 is 0 Å². The lowest BCUT2D eigenvalue weighted by Gasteiger charge is -2.45. The Labute approximate surface area is 99.1 Å². The van der Waals surface area contributed by atoms with Crippen molar-refractivity contribution in [2.24, 2.45) is 11.8 Å². The topological polar surface area (TPSA) is 0 Å². The molecule has 0 aromatic heterocycles. The molecule has 0 saturated heterocycles. The molecule has 2 aliphatic carbocycles. The molecule has 0 spiro atoms. The summed E-state index contributed by atoms with van der Waals surface area (Å²) < 4.78 is 0. The van der Waals surface area contributed by atoms with Gasteiger partial charge < -0.3 is 0 Å². The quantitative estimate of drug-likeness (QED) is 0.586. The Bertz CT molecular complexity index is 342. The van der Waals surface area contributed by atoms with Crippen molar-refractivity contribution < 1.29 is 0 Å². The molecule has 3 rings (SSSR count). The van der Waals surface area contributed by atoms with Crippen LogP contribution in [-0.4, -0.2) is 0 Å². The van der Waals surface area contributed by atoms with Gasteiger partial charge in [0.2, 0.25) is 0 Å². The largest absolute Gasteiger partial charge is 0.0620 e. The minimum absolute atomic E-state index is 0.790. The van der Waals surface area contributed by atoms with Crippen LogP contribution in [0.15, 0.2) is 24.3 Å². The maximum absolute atomic E-state index is 2.45. The van der Waals surface area contributed by atoms with Gasteiger partial charge in [0.05, 0.1) is 0 Å². The van der Waals surface area contributed by atoms with E-state index in [1.54, 1.807) is 11.1 Å². The van der Waals surface area contributed by atoms with Gasteiger partial charge >= 0.3 is 0 Å². The molecule has 1 fully saturated rings. The number of hydrogen-bond acceptors (Lipinski definition) is 0. The highest BCUT2D eigenvalue weighted by Crippen LogP contribution is 2.51. The Morgan fingerprint density at radius 2 is 1.25 bits per heavy atom. The molecule has 2 aliphatic rings. The van der Waals surface area contributed by atoms with Crippen molar-refractivity contribution in [3.8, 4) is 0 Å². The van der Waals surface area contributed by atoms with Crippen LogP contribution in [0, 0.1) is 11.8 Å². The Kier molecular flexibility index (Phi) is 2.53. The van der Waals surface area contributed by atoms with Crippen LogP contribution in [0.3, 0.4) is 0 Å². The molecular formula is C16H22. The predicted molar refractivity (Wildman–Crippen MR) is 68.7 cm³/mol. The Hall–Kier alpha value is -0.780. The van der Waals surface area contributed by atoms with Gasteiger partial charge in [0.1, 0.15) is 0 Å². The molecule has 16 heavy (non-hydrogen) atoms. The molecule has 1 saturated carbocycles. The maximum atomic E-state index is 2.45. The zero-order valence-corrected chi connectivity index (χ0v) is 10.4. The van der Waals surface area contributed by atoms with E-state index in [0.717, 1.165) is 23.7 Å². The zero-order valence-electron chi connectivity index (χ0n) is 10.4. The van der Waals surface area contributed by atoms with E-state index >= 15 is 0 Å². The first kappa shape index (κ1) is 10.4. The third-order valence-corrected chi connectivity index (χ3v) is 5.14. The molecule has 4 atom stereocenters. The lowest BCUT2D eigenvalue weighted by Crippen LogP contribution is -2.33. The molecule has 0 N–H and O–H groups in total. The molecule has 86 valence electrons. The predicted octanol–water partition coefficient (Wildman–Crippen LogP) is 4.71. The number of benzene rings is 1. The molecule has 0 bridgehead atoms. The first-order chi connectivity index (χ1) is 7.79. The van der Waals surface area contributed by atoms with Crippen LogP contribution in [0.1, 0.15) is 62.5 Å². The van der Waals surface area contributed by atoms with Gasteiger partial charge in [-0.1, -0.05) is 51.0 Å². The van der Waals surface area contributed by atoms with Crippen molar-refractivity contribution in [1.82, 2.24) is 0 Å². The summed E-state index contributed by atoms with van der Waals surface area (Å²) in [6.45, 7) is 4.90. The molecule has 0 heterocycles. The molecular weight excluding hydrogens is 192 g/mol. The fourth-order valence-electron chi connectivity index (χ4n) is 4.23. The van der Waals surface area contributed by atoms with Crippen LogP contribution >= 0.6 is 0 Å². The molecule has 0 nitrogen and oxygen atoms in total. The molecule has 1 aromatic carbocycles. The van der Waals surface area contributed by atoms with Gasteiger partial charge in [-0.15, -0.1) is 0 Å². The van der Waals surface area contributed by atoms with Crippen LogP contribution in [0.5, 0.6) is 0 Å². The molecule has 0 radical (unpaired) electrons. The minimum atomic E-state index is 0.790. The summed E-state index contributed by atoms with van der Waals surface area (Å²) in [6, 6.07) is 9.15. The van der Waals surface area contributed by atoms with Crippen LogP contribution in [0.25, 0.3) is 0 Å². The Balaban J connectivity index is 2.05. The van der Waals surface area contributed by atoms with Crippen LogP contribution in [0.2, 0.25) is 0 Å². The first-order valence-electron chi connectivity index (χ1n) is 6.88. The van der Waals surface area contributed by atoms with E-state index in [1.165, 1.54) is 25.7 Å². The second-order valence-electron chi connectivity index (χ2n) is 5.82. The highest BCUT2D eigenvalue weighted by Gasteiger charge is 2.39. The summed E-state index contributed by atoms with van der Waals surface area (Å²) in [5, 5.41) is 0. The van der Waals surface area contributed by atoms with Gasteiger partial charge in [0, 0.05) is 0 Å². The third-order valence-electron chi connectivity index (χ3n) is 5.14. The van der Waals surface area contributed by atoms with Crippen molar-refractivity contribution in [1.29, 1.82) is 0 Å². The standard InChI is InChI=1S/C16H22/c1-11-13-7-3-5-9-15(13)12(2)16-10-6-4-8-14(11)16/h3,5,7,9,11-12,14,16H,4,6,8,10H2,1-2H3. The number of hydrogen-bond donors (Lipinski definition) is 0. The maximum Gasteiger partial charge on any atom is -0.0156 e. The van der Waals surface area contributed by atoms with Crippen molar-refractivity contribution >= 4 is 0 Å². The summed E-state index contributed by atoms with van der Waals surface area (Å²) in [4.78, 5) is 0. The van der Waals surface area contributed by atoms with Gasteiger partial charge in [-0.05, 0) is 47.6 Å². The highest BCUT2D eigenvalue weighted by molar-refractivity contribution is 5.36. The van der Waals surface area contributed by atoms with Crippen molar-refractivity contribution in [3.05, 3.63) is 35.4 Å². The summed E-state index contributed by atoms with van der Waals surface area (Å²) in [6.07, 6.45) is 5.84. The van der Waals surface area contributed by atoms with E-state index in [9.17, 15) is 0 Å². The fraction of sp³-hybridized carbons (Fsp3) is 0.625. The minimum Gasteiger partial charge on any atom is -0.0620 e. The van der Waals surface area contributed by atoms with Gasteiger partial charge in [0.25, 0.3) is 0 Å². The van der Waals surface area contributed by atoms with Gasteiger partial charge in [-0.3, -0.25) is 0 Å². The van der Waals surface area contributed by atoms with Crippen molar-refractivity contribution in [2.75, 3.05) is 0 Å². The van der Waals surface area contributed by atoms with E-state index in [0.29, 0.717) is 0 Å². The zero-order chi connectivity index (χ0) is 11.1. The summed E-state index contributed by atoms with van der Waals surface area (Å²) in [5.74, 6) is 3.49. The normalized spacial score (nSPS) is 37.6. The lowest BCUT2D eigenvalue weighted by molar-refractivity contribution is 0.164. The van der Waals surface area contributed by atoms with E-state index in [1.807, 2.05) is 0 Å². The summed E-state index contributed by atoms with van der Waals surface area (Å²) >= 11 is 0. The second kappa shape index (κ2) is 3.91. The van der Waals surface area contributed by atoms with Gasteiger partial charge in [0.15, 0.2) is 0 Å². The van der Waals surface area contributed by atoms with Crippen LogP contribution < -0.4 is 0 Å². The first-order valence-corrected chi connectivity index (χ1v) is 6.88. The second-order valence-corrected chi connectivity index (χ2v) is 5.82. The molecule has 0 amide bonds. The SMILES string of the molecule is CC1c2ccccc2C(C)C2CCCCC12. The monoisotopic (exact) mass is 214 g/mol. The molecule has 0 aliphatic heterocycles. The van der Waals surface area contributed by atoms with Crippen molar-refractivity contribution in [2.45, 2.75) is 51.4 Å². The van der Waals surface area contributed by atoms with E-state index in [-0.39, 0.29) is 0 Å². The lowest BCUT2D eigenvalue weighted by atomic mass is 9.60. The van der Waals surface area contributed by atoms with Gasteiger partial charge in [-0.2, -0.15) is 0 Å². The fourth-order valence-corrected chi connectivity index (χ4v) is 4.23. The smallest absolute Gasteiger partial charge is 0.0156 e. The van der Waals surface area contributed by atoms with Gasteiger partial charge in [-0.25, -0.2) is 0 Å². The molecule has 1 aromatic rings. The Morgan fingerprint density at radius 1 is 0.812 bits per heavy atom. The van der Waals surface area contributed by atoms with Crippen LogP contribution in [-0.2, 0) is 0 Å². The van der Waals surface area contributed by atoms with Crippen molar-refractivity contribution in [3.63, 3.8) is 0 Å². The number of rotatable bonds is 0. The van der Waals surface area contributed by atoms with E-state index in [4.69, 9.17) is 0 Å². The molecule has 4 unspecified atom stereocenters. The molecule has 0 heteroatoms. The van der Waals surface area contributed by atoms with Crippen LogP contribution in [0.4, 0.5) is 0 Å². The Morgan fingerprint density at radius 3 is 1.69 bits per heavy atom. The highest BCUT2D eigenvalue weighted by atomic mass is 14.4. The average molecular weight is 214 g/mol. The summed E-state index contributed by atoms with van der Waals surface area (Å²) in [5.41, 5.74) is 3.27. The van der Waals surface area contributed by atoms with E-state index in [2.05, 4.69) is 38.1 Å². The number of fused-ring (bicyclic) bond motifs is 2. The summed E-state index contributed by atoms with van der Waals surface area (Å²) in [7, 11) is 0. The average Bonchev–Trinajstić information content (AvgIpc) is 2.36.